The van der Waals surface area contributed by atoms with Gasteiger partial charge in [0.2, 0.25) is 0 Å². The van der Waals surface area contributed by atoms with Gasteiger partial charge in [0.25, 0.3) is 5.56 Å². The first-order valence-electron chi connectivity index (χ1n) is 11.0. The molecular formula is C25H30N4O2S. The maximum Gasteiger partial charge on any atom is 0.253 e. The van der Waals surface area contributed by atoms with E-state index in [1.165, 1.54) is 11.1 Å². The van der Waals surface area contributed by atoms with Crippen molar-refractivity contribution in [1.29, 1.82) is 0 Å². The van der Waals surface area contributed by atoms with Crippen molar-refractivity contribution in [3.63, 3.8) is 0 Å². The molecule has 0 bridgehead atoms. The van der Waals surface area contributed by atoms with E-state index in [-0.39, 0.29) is 5.56 Å². The predicted molar refractivity (Wildman–Crippen MR) is 134 cm³/mol. The molecule has 0 atom stereocenters. The molecule has 1 aliphatic rings. The van der Waals surface area contributed by atoms with Gasteiger partial charge in [-0.25, -0.2) is 0 Å². The molecule has 0 spiro atoms. The fraction of sp³-hybridized carbons (Fsp3) is 0.360. The van der Waals surface area contributed by atoms with Gasteiger partial charge in [0.05, 0.1) is 19.8 Å². The number of para-hydroxylation sites is 1. The van der Waals surface area contributed by atoms with Crippen molar-refractivity contribution in [1.82, 2.24) is 14.8 Å². The Bertz CT molecular complexity index is 1140. The maximum atomic E-state index is 12.9. The molecule has 0 aliphatic carbocycles. The number of nitrogens with one attached hydrogen (secondary N) is 2. The largest absolute Gasteiger partial charge is 0.379 e. The van der Waals surface area contributed by atoms with Crippen LogP contribution in [0.3, 0.4) is 0 Å². The zero-order chi connectivity index (χ0) is 22.5. The fourth-order valence-corrected chi connectivity index (χ4v) is 4.18. The van der Waals surface area contributed by atoms with Gasteiger partial charge in [-0.3, -0.25) is 9.69 Å². The number of hydrogen-bond acceptors (Lipinski definition) is 4. The highest BCUT2D eigenvalue weighted by atomic mass is 32.1. The average Bonchev–Trinajstić information content (AvgIpc) is 2.79. The van der Waals surface area contributed by atoms with Crippen molar-refractivity contribution in [3.05, 3.63) is 75.6 Å². The molecule has 1 aliphatic heterocycles. The Kier molecular flexibility index (Phi) is 7.19. The van der Waals surface area contributed by atoms with Crippen molar-refractivity contribution < 1.29 is 4.74 Å². The van der Waals surface area contributed by atoms with Gasteiger partial charge < -0.3 is 19.9 Å². The SMILES string of the molecule is Cc1cc2cc(CN(CCN3CCOCC3)C(=S)Nc3ccccc3)c(=O)[nH]c2cc1C. The van der Waals surface area contributed by atoms with Crippen LogP contribution >= 0.6 is 12.2 Å². The first-order chi connectivity index (χ1) is 15.5. The molecule has 32 heavy (non-hydrogen) atoms. The van der Waals surface area contributed by atoms with Crippen molar-refractivity contribution in [2.24, 2.45) is 0 Å². The lowest BCUT2D eigenvalue weighted by Crippen LogP contribution is -2.44. The normalized spacial score (nSPS) is 14.4. The van der Waals surface area contributed by atoms with Gasteiger partial charge in [-0.15, -0.1) is 0 Å². The first kappa shape index (κ1) is 22.5. The summed E-state index contributed by atoms with van der Waals surface area (Å²) in [6, 6.07) is 16.1. The second-order valence-corrected chi connectivity index (χ2v) is 8.71. The van der Waals surface area contributed by atoms with E-state index >= 15 is 0 Å². The van der Waals surface area contributed by atoms with Gasteiger partial charge in [0, 0.05) is 42.9 Å². The lowest BCUT2D eigenvalue weighted by Gasteiger charge is -2.31. The van der Waals surface area contributed by atoms with Gasteiger partial charge in [0.15, 0.2) is 5.11 Å². The number of hydrogen-bond donors (Lipinski definition) is 2. The minimum Gasteiger partial charge on any atom is -0.379 e. The van der Waals surface area contributed by atoms with Gasteiger partial charge in [-0.1, -0.05) is 18.2 Å². The number of ether oxygens (including phenoxy) is 1. The second-order valence-electron chi connectivity index (χ2n) is 8.32. The molecule has 168 valence electrons. The molecule has 2 heterocycles. The summed E-state index contributed by atoms with van der Waals surface area (Å²) in [6.45, 7) is 9.54. The number of aromatic nitrogens is 1. The molecule has 6 nitrogen and oxygen atoms in total. The Morgan fingerprint density at radius 3 is 2.59 bits per heavy atom. The van der Waals surface area contributed by atoms with Gasteiger partial charge in [0.1, 0.15) is 0 Å². The number of aryl methyl sites for hydroxylation is 2. The van der Waals surface area contributed by atoms with Crippen molar-refractivity contribution in [3.8, 4) is 0 Å². The van der Waals surface area contributed by atoms with E-state index in [0.29, 0.717) is 17.2 Å². The molecule has 3 aromatic rings. The molecule has 0 unspecified atom stereocenters. The van der Waals surface area contributed by atoms with E-state index in [4.69, 9.17) is 17.0 Å². The summed E-state index contributed by atoms with van der Waals surface area (Å²) in [7, 11) is 0. The average molecular weight is 451 g/mol. The van der Waals surface area contributed by atoms with Crippen molar-refractivity contribution >= 4 is 33.9 Å². The molecular weight excluding hydrogens is 420 g/mol. The third-order valence-electron chi connectivity index (χ3n) is 6.00. The number of nitrogens with zero attached hydrogens (tertiary/aromatic N) is 2. The van der Waals surface area contributed by atoms with E-state index < -0.39 is 0 Å². The van der Waals surface area contributed by atoms with Gasteiger partial charge in [-0.2, -0.15) is 0 Å². The van der Waals surface area contributed by atoms with Crippen molar-refractivity contribution in [2.75, 3.05) is 44.7 Å². The van der Waals surface area contributed by atoms with E-state index in [1.807, 2.05) is 42.5 Å². The molecule has 7 heteroatoms. The highest BCUT2D eigenvalue weighted by Crippen LogP contribution is 2.18. The minimum absolute atomic E-state index is 0.0698. The van der Waals surface area contributed by atoms with Gasteiger partial charge in [-0.05, 0) is 72.9 Å². The Morgan fingerprint density at radius 2 is 1.84 bits per heavy atom. The fourth-order valence-electron chi connectivity index (χ4n) is 3.91. The number of aromatic amines is 1. The molecule has 0 amide bonds. The number of morpholine rings is 1. The summed E-state index contributed by atoms with van der Waals surface area (Å²) in [5.41, 5.74) is 4.82. The summed E-state index contributed by atoms with van der Waals surface area (Å²) in [6.07, 6.45) is 0. The number of pyridine rings is 1. The Morgan fingerprint density at radius 1 is 1.12 bits per heavy atom. The summed E-state index contributed by atoms with van der Waals surface area (Å²) in [5, 5.41) is 4.98. The van der Waals surface area contributed by atoms with E-state index in [2.05, 4.69) is 40.0 Å². The van der Waals surface area contributed by atoms with Crippen LogP contribution in [0.25, 0.3) is 10.9 Å². The van der Waals surface area contributed by atoms with E-state index in [0.717, 1.165) is 56.0 Å². The molecule has 1 saturated heterocycles. The zero-order valence-corrected chi connectivity index (χ0v) is 19.5. The maximum absolute atomic E-state index is 12.9. The van der Waals surface area contributed by atoms with Crippen LogP contribution in [0.5, 0.6) is 0 Å². The summed E-state index contributed by atoms with van der Waals surface area (Å²) in [4.78, 5) is 20.4. The summed E-state index contributed by atoms with van der Waals surface area (Å²) in [5.74, 6) is 0. The minimum atomic E-state index is -0.0698. The van der Waals surface area contributed by atoms with Crippen LogP contribution < -0.4 is 10.9 Å². The molecule has 2 N–H and O–H groups in total. The molecule has 0 radical (unpaired) electrons. The molecule has 4 rings (SSSR count). The lowest BCUT2D eigenvalue weighted by atomic mass is 10.0. The molecule has 1 fully saturated rings. The van der Waals surface area contributed by atoms with Crippen LogP contribution in [0.2, 0.25) is 0 Å². The van der Waals surface area contributed by atoms with Gasteiger partial charge >= 0.3 is 0 Å². The number of anilines is 1. The topological polar surface area (TPSA) is 60.6 Å². The Labute approximate surface area is 194 Å². The van der Waals surface area contributed by atoms with Crippen LogP contribution in [0.1, 0.15) is 16.7 Å². The molecule has 1 aromatic heterocycles. The molecule has 2 aromatic carbocycles. The third-order valence-corrected chi connectivity index (χ3v) is 6.36. The highest BCUT2D eigenvalue weighted by molar-refractivity contribution is 7.80. The number of H-pyrrole nitrogens is 1. The van der Waals surface area contributed by atoms with Crippen LogP contribution in [0, 0.1) is 13.8 Å². The Balaban J connectivity index is 1.57. The number of thiocarbonyl (C=S) groups is 1. The lowest BCUT2D eigenvalue weighted by molar-refractivity contribution is 0.0358. The van der Waals surface area contributed by atoms with Crippen LogP contribution in [-0.2, 0) is 11.3 Å². The number of fused-ring (bicyclic) bond motifs is 1. The monoisotopic (exact) mass is 450 g/mol. The number of benzene rings is 2. The summed E-state index contributed by atoms with van der Waals surface area (Å²) < 4.78 is 5.46. The standard InChI is InChI=1S/C25H30N4O2S/c1-18-14-20-16-21(24(30)27-23(20)15-19(18)2)17-29(9-8-28-10-12-31-13-11-28)25(32)26-22-6-4-3-5-7-22/h3-7,14-16H,8-13,17H2,1-2H3,(H,26,32)(H,27,30). The van der Waals surface area contributed by atoms with Crippen LogP contribution in [0.4, 0.5) is 5.69 Å². The smallest absolute Gasteiger partial charge is 0.253 e. The van der Waals surface area contributed by atoms with E-state index in [9.17, 15) is 4.79 Å². The summed E-state index contributed by atoms with van der Waals surface area (Å²) >= 11 is 5.76. The molecule has 0 saturated carbocycles. The van der Waals surface area contributed by atoms with Crippen LogP contribution in [-0.4, -0.2) is 59.3 Å². The second kappa shape index (κ2) is 10.3. The quantitative estimate of drug-likeness (QED) is 0.559. The number of rotatable bonds is 6. The van der Waals surface area contributed by atoms with Crippen LogP contribution in [0.15, 0.2) is 53.3 Å². The predicted octanol–water partition coefficient (Wildman–Crippen LogP) is 3.68. The Hall–Kier alpha value is -2.74. The third kappa shape index (κ3) is 5.54. The highest BCUT2D eigenvalue weighted by Gasteiger charge is 2.17. The van der Waals surface area contributed by atoms with Crippen molar-refractivity contribution in [2.45, 2.75) is 20.4 Å². The zero-order valence-electron chi connectivity index (χ0n) is 18.7. The first-order valence-corrected chi connectivity index (χ1v) is 11.4. The van der Waals surface area contributed by atoms with E-state index in [1.54, 1.807) is 0 Å².